The van der Waals surface area contributed by atoms with Gasteiger partial charge in [-0.2, -0.15) is 13.2 Å². The van der Waals surface area contributed by atoms with Crippen LogP contribution in [-0.4, -0.2) is 112 Å². The highest BCUT2D eigenvalue weighted by Gasteiger charge is 2.36. The number of ether oxygens (including phenoxy) is 1. The summed E-state index contributed by atoms with van der Waals surface area (Å²) in [6, 6.07) is 5.17. The molecule has 15 heteroatoms. The van der Waals surface area contributed by atoms with E-state index in [1.54, 1.807) is 31.3 Å². The summed E-state index contributed by atoms with van der Waals surface area (Å²) in [7, 11) is 1.53. The van der Waals surface area contributed by atoms with Gasteiger partial charge in [0.25, 0.3) is 12.2 Å². The zero-order valence-electron chi connectivity index (χ0n) is 22.7. The molecule has 0 aliphatic carbocycles. The summed E-state index contributed by atoms with van der Waals surface area (Å²) in [5.41, 5.74) is 0.692. The Morgan fingerprint density at radius 3 is 2.23 bits per heavy atom. The third kappa shape index (κ3) is 10.7. The number of hydrogen-bond donors (Lipinski definition) is 5. The number of alkyl halides is 3. The molecule has 1 unspecified atom stereocenters. The molecule has 1 aromatic heterocycles. The minimum absolute atomic E-state index is 0.169. The van der Waals surface area contributed by atoms with E-state index in [0.717, 1.165) is 26.2 Å². The van der Waals surface area contributed by atoms with Crippen LogP contribution in [0.1, 0.15) is 20.8 Å². The zero-order valence-corrected chi connectivity index (χ0v) is 22.7. The molecule has 2 heterocycles. The molecule has 0 spiro atoms. The molecule has 2 aromatic rings. The number of Topliss-reactive ketones (excluding diaryl/α,β-unsaturated/α-hetero) is 1. The lowest BCUT2D eigenvalue weighted by molar-refractivity contribution is -0.275. The smallest absolute Gasteiger partial charge is 0.439 e. The number of methoxy groups -OCH3 is 1. The SMILES string of the molecule is COc1cc(NC(O)C(=O)NC(C)(C)CN2CCN(CC(C)=O)CC2)ccc1-c1cnco1.OC(O)C(F)(F)F. The topological polar surface area (TPSA) is 161 Å². The van der Waals surface area contributed by atoms with Gasteiger partial charge in [0.15, 0.2) is 12.2 Å². The maximum atomic E-state index is 12.6. The van der Waals surface area contributed by atoms with E-state index in [-0.39, 0.29) is 5.78 Å². The van der Waals surface area contributed by atoms with E-state index in [1.807, 2.05) is 13.8 Å². The van der Waals surface area contributed by atoms with Crippen molar-refractivity contribution >= 4 is 17.4 Å². The molecular formula is C25H36F3N5O7. The molecule has 1 atom stereocenters. The van der Waals surface area contributed by atoms with Crippen LogP contribution in [0.4, 0.5) is 18.9 Å². The molecule has 0 radical (unpaired) electrons. The summed E-state index contributed by atoms with van der Waals surface area (Å²) in [6.45, 7) is 9.86. The number of rotatable bonds is 10. The average Bonchev–Trinajstić information content (AvgIpc) is 3.39. The molecule has 1 fully saturated rings. The fourth-order valence-electron chi connectivity index (χ4n) is 3.98. The highest BCUT2D eigenvalue weighted by atomic mass is 19.4. The number of halogens is 3. The predicted octanol–water partition coefficient (Wildman–Crippen LogP) is 1.04. The number of nitrogens with one attached hydrogen (secondary N) is 2. The molecule has 0 bridgehead atoms. The van der Waals surface area contributed by atoms with Crippen LogP contribution in [0.5, 0.6) is 5.75 Å². The van der Waals surface area contributed by atoms with Crippen LogP contribution in [0, 0.1) is 0 Å². The average molecular weight is 576 g/mol. The van der Waals surface area contributed by atoms with Gasteiger partial charge in [0.05, 0.1) is 25.4 Å². The van der Waals surface area contributed by atoms with Crippen LogP contribution < -0.4 is 15.4 Å². The van der Waals surface area contributed by atoms with Gasteiger partial charge < -0.3 is 35.1 Å². The van der Waals surface area contributed by atoms with Gasteiger partial charge in [0.2, 0.25) is 6.23 Å². The third-order valence-corrected chi connectivity index (χ3v) is 5.74. The Hall–Kier alpha value is -3.24. The minimum atomic E-state index is -4.89. The second-order valence-corrected chi connectivity index (χ2v) is 9.87. The molecular weight excluding hydrogens is 539 g/mol. The first-order chi connectivity index (χ1) is 18.6. The number of hydrogen-bond acceptors (Lipinski definition) is 11. The standard InChI is InChI=1S/C23H33N5O5.C2H3F3O2/c1-16(29)13-27-7-9-28(10-8-27)14-23(2,3)26-22(31)21(30)25-17-5-6-18(19(11-17)32-4)20-12-24-15-33-20;3-2(4,5)1(6)7/h5-6,11-12,15,21,25,30H,7-10,13-14H2,1-4H3,(H,26,31);1,6-7H. The summed E-state index contributed by atoms with van der Waals surface area (Å²) < 4.78 is 42.8. The van der Waals surface area contributed by atoms with Crippen LogP contribution in [0.2, 0.25) is 0 Å². The number of aliphatic hydroxyl groups excluding tert-OH is 2. The van der Waals surface area contributed by atoms with Crippen LogP contribution in [0.25, 0.3) is 11.3 Å². The van der Waals surface area contributed by atoms with Gasteiger partial charge >= 0.3 is 6.18 Å². The van der Waals surface area contributed by atoms with Crippen LogP contribution in [0.3, 0.4) is 0 Å². The lowest BCUT2D eigenvalue weighted by Crippen LogP contribution is -2.58. The number of carbonyl (C=O) groups excluding carboxylic acids is 2. The number of benzene rings is 1. The van der Waals surface area contributed by atoms with Crippen molar-refractivity contribution in [3.63, 3.8) is 0 Å². The van der Waals surface area contributed by atoms with Gasteiger partial charge in [0, 0.05) is 50.0 Å². The van der Waals surface area contributed by atoms with Gasteiger partial charge in [-0.15, -0.1) is 0 Å². The number of nitrogens with zero attached hydrogens (tertiary/aromatic N) is 3. The molecule has 0 saturated carbocycles. The number of amides is 1. The van der Waals surface area contributed by atoms with Gasteiger partial charge in [-0.3, -0.25) is 19.4 Å². The van der Waals surface area contributed by atoms with E-state index in [1.165, 1.54) is 13.5 Å². The first-order valence-electron chi connectivity index (χ1n) is 12.3. The van der Waals surface area contributed by atoms with Crippen molar-refractivity contribution < 1.29 is 47.2 Å². The number of carbonyl (C=O) groups is 2. The number of anilines is 1. The molecule has 12 nitrogen and oxygen atoms in total. The normalized spacial score (nSPS) is 15.7. The molecule has 1 amide bonds. The van der Waals surface area contributed by atoms with Crippen LogP contribution in [0.15, 0.2) is 35.2 Å². The lowest BCUT2D eigenvalue weighted by atomic mass is 10.0. The first-order valence-corrected chi connectivity index (χ1v) is 12.3. The van der Waals surface area contributed by atoms with E-state index in [4.69, 9.17) is 19.4 Å². The van der Waals surface area contributed by atoms with Crippen molar-refractivity contribution in [1.29, 1.82) is 0 Å². The Morgan fingerprint density at radius 1 is 1.12 bits per heavy atom. The van der Waals surface area contributed by atoms with Gasteiger partial charge in [-0.1, -0.05) is 0 Å². The van der Waals surface area contributed by atoms with Crippen molar-refractivity contribution in [3.8, 4) is 17.1 Å². The minimum Gasteiger partial charge on any atom is -0.496 e. The highest BCUT2D eigenvalue weighted by Crippen LogP contribution is 2.32. The predicted molar refractivity (Wildman–Crippen MR) is 138 cm³/mol. The molecule has 224 valence electrons. The summed E-state index contributed by atoms with van der Waals surface area (Å²) in [6.07, 6.45) is -6.61. The van der Waals surface area contributed by atoms with E-state index in [2.05, 4.69) is 25.4 Å². The second kappa shape index (κ2) is 14.4. The Kier molecular flexibility index (Phi) is 11.9. The van der Waals surface area contributed by atoms with Crippen molar-refractivity contribution in [2.75, 3.05) is 51.7 Å². The van der Waals surface area contributed by atoms with Crippen molar-refractivity contribution in [3.05, 3.63) is 30.8 Å². The third-order valence-electron chi connectivity index (χ3n) is 5.74. The molecule has 1 aliphatic rings. The van der Waals surface area contributed by atoms with Crippen LogP contribution >= 0.6 is 0 Å². The Labute approximate surface area is 229 Å². The summed E-state index contributed by atoms with van der Waals surface area (Å²) in [5, 5.41) is 30.8. The van der Waals surface area contributed by atoms with Gasteiger partial charge in [0.1, 0.15) is 11.5 Å². The second-order valence-electron chi connectivity index (χ2n) is 9.87. The summed E-state index contributed by atoms with van der Waals surface area (Å²) in [4.78, 5) is 32.2. The Balaban J connectivity index is 0.000000708. The number of aromatic nitrogens is 1. The molecule has 40 heavy (non-hydrogen) atoms. The van der Waals surface area contributed by atoms with Crippen molar-refractivity contribution in [2.24, 2.45) is 0 Å². The van der Waals surface area contributed by atoms with E-state index in [9.17, 15) is 27.9 Å². The Bertz CT molecular complexity index is 1090. The maximum Gasteiger partial charge on any atom is 0.439 e. The van der Waals surface area contributed by atoms with E-state index >= 15 is 0 Å². The summed E-state index contributed by atoms with van der Waals surface area (Å²) >= 11 is 0. The largest absolute Gasteiger partial charge is 0.496 e. The Morgan fingerprint density at radius 2 is 1.73 bits per heavy atom. The zero-order chi connectivity index (χ0) is 30.1. The monoisotopic (exact) mass is 575 g/mol. The number of ketones is 1. The number of aliphatic hydroxyl groups is 3. The maximum absolute atomic E-state index is 12.6. The van der Waals surface area contributed by atoms with Gasteiger partial charge in [-0.25, -0.2) is 4.98 Å². The molecule has 1 aliphatic heterocycles. The fraction of sp³-hybridized carbons (Fsp3) is 0.560. The van der Waals surface area contributed by atoms with Crippen molar-refractivity contribution in [1.82, 2.24) is 20.1 Å². The van der Waals surface area contributed by atoms with E-state index < -0.39 is 30.1 Å². The van der Waals surface area contributed by atoms with E-state index in [0.29, 0.717) is 35.9 Å². The van der Waals surface area contributed by atoms with Crippen LogP contribution in [-0.2, 0) is 9.59 Å². The lowest BCUT2D eigenvalue weighted by Gasteiger charge is -2.39. The molecule has 1 saturated heterocycles. The summed E-state index contributed by atoms with van der Waals surface area (Å²) in [5.74, 6) is 0.727. The molecule has 3 rings (SSSR count). The number of piperazine rings is 1. The molecule has 5 N–H and O–H groups in total. The number of oxazole rings is 1. The first kappa shape index (κ1) is 33.0. The quantitative estimate of drug-likeness (QED) is 0.258. The fourth-order valence-corrected chi connectivity index (χ4v) is 3.98. The molecule has 1 aromatic carbocycles. The highest BCUT2D eigenvalue weighted by molar-refractivity contribution is 5.84. The van der Waals surface area contributed by atoms with Gasteiger partial charge in [-0.05, 0) is 32.9 Å². The van der Waals surface area contributed by atoms with Crippen molar-refractivity contribution in [2.45, 2.75) is 45.0 Å².